The van der Waals surface area contributed by atoms with Crippen LogP contribution in [0, 0.1) is 0 Å². The molecule has 0 aliphatic rings. The Kier molecular flexibility index (Phi) is 4.57. The topological polar surface area (TPSA) is 53.1 Å². The lowest BCUT2D eigenvalue weighted by Crippen LogP contribution is -2.30. The molecule has 1 rings (SSSR count). The summed E-state index contributed by atoms with van der Waals surface area (Å²) < 4.78 is 7.27. The maximum Gasteiger partial charge on any atom is 0.0834 e. The van der Waals surface area contributed by atoms with Gasteiger partial charge in [0.25, 0.3) is 0 Å². The third-order valence-corrected chi connectivity index (χ3v) is 2.73. The van der Waals surface area contributed by atoms with Gasteiger partial charge in [-0.15, -0.1) is 0 Å². The maximum absolute atomic E-state index is 6.11. The predicted octanol–water partition coefficient (Wildman–Crippen LogP) is 1.89. The van der Waals surface area contributed by atoms with Gasteiger partial charge in [0.1, 0.15) is 0 Å². The summed E-state index contributed by atoms with van der Waals surface area (Å²) >= 11 is 6.02. The molecule has 86 valence electrons. The number of aryl methyl sites for hydroxylation is 1. The number of hydrogen-bond acceptors (Lipinski definition) is 3. The van der Waals surface area contributed by atoms with E-state index in [1.165, 1.54) is 0 Å². The van der Waals surface area contributed by atoms with Gasteiger partial charge in [-0.2, -0.15) is 5.10 Å². The second kappa shape index (κ2) is 5.49. The highest BCUT2D eigenvalue weighted by Crippen LogP contribution is 2.25. The first-order valence-corrected chi connectivity index (χ1v) is 5.54. The molecule has 0 saturated heterocycles. The zero-order valence-corrected chi connectivity index (χ0v) is 10.2. The summed E-state index contributed by atoms with van der Waals surface area (Å²) in [5.41, 5.74) is 6.94. The molecule has 0 fully saturated rings. The molecule has 4 nitrogen and oxygen atoms in total. The second-order valence-corrected chi connectivity index (χ2v) is 3.84. The minimum Gasteiger partial charge on any atom is -0.376 e. The van der Waals surface area contributed by atoms with Crippen molar-refractivity contribution in [1.82, 2.24) is 9.78 Å². The highest BCUT2D eigenvalue weighted by atomic mass is 35.5. The first-order valence-electron chi connectivity index (χ1n) is 5.16. The minimum atomic E-state index is -0.227. The normalized spacial score (nSPS) is 15.3. The standard InChI is InChI=1S/C10H18ClN3O/c1-4-8(15-5-2)9(12)10-7(11)6-13-14(10)3/h6,8-9H,4-5,12H2,1-3H3. The van der Waals surface area contributed by atoms with E-state index in [1.54, 1.807) is 10.9 Å². The molecule has 1 aromatic rings. The van der Waals surface area contributed by atoms with Gasteiger partial charge in [0.05, 0.1) is 29.1 Å². The Hall–Kier alpha value is -0.580. The molecule has 1 heterocycles. The average molecular weight is 232 g/mol. The van der Waals surface area contributed by atoms with Gasteiger partial charge >= 0.3 is 0 Å². The Balaban J connectivity index is 2.86. The highest BCUT2D eigenvalue weighted by molar-refractivity contribution is 6.31. The van der Waals surface area contributed by atoms with Crippen LogP contribution in [0.15, 0.2) is 6.20 Å². The van der Waals surface area contributed by atoms with Crippen molar-refractivity contribution in [2.75, 3.05) is 6.61 Å². The lowest BCUT2D eigenvalue weighted by atomic mass is 10.1. The Morgan fingerprint density at radius 2 is 2.27 bits per heavy atom. The summed E-state index contributed by atoms with van der Waals surface area (Å²) in [5, 5.41) is 4.66. The number of hydrogen-bond donors (Lipinski definition) is 1. The van der Waals surface area contributed by atoms with Crippen LogP contribution in [0.5, 0.6) is 0 Å². The predicted molar refractivity (Wildman–Crippen MR) is 60.9 cm³/mol. The van der Waals surface area contributed by atoms with E-state index in [2.05, 4.69) is 5.10 Å². The fraction of sp³-hybridized carbons (Fsp3) is 0.700. The number of rotatable bonds is 5. The van der Waals surface area contributed by atoms with Crippen LogP contribution in [0.2, 0.25) is 5.02 Å². The fourth-order valence-electron chi connectivity index (χ4n) is 1.66. The van der Waals surface area contributed by atoms with Crippen molar-refractivity contribution < 1.29 is 4.74 Å². The molecule has 2 N–H and O–H groups in total. The van der Waals surface area contributed by atoms with Gasteiger partial charge in [-0.1, -0.05) is 18.5 Å². The molecule has 0 aliphatic heterocycles. The molecular weight excluding hydrogens is 214 g/mol. The van der Waals surface area contributed by atoms with Crippen molar-refractivity contribution in [3.8, 4) is 0 Å². The Bertz CT molecular complexity index is 294. The third kappa shape index (κ3) is 2.71. The van der Waals surface area contributed by atoms with Gasteiger partial charge in [0.15, 0.2) is 0 Å². The first kappa shape index (κ1) is 12.5. The van der Waals surface area contributed by atoms with Crippen molar-refractivity contribution in [3.63, 3.8) is 0 Å². The van der Waals surface area contributed by atoms with Gasteiger partial charge in [-0.25, -0.2) is 0 Å². The van der Waals surface area contributed by atoms with Crippen molar-refractivity contribution in [2.45, 2.75) is 32.4 Å². The Labute approximate surface area is 95.3 Å². The molecule has 0 amide bonds. The zero-order chi connectivity index (χ0) is 11.4. The zero-order valence-electron chi connectivity index (χ0n) is 9.40. The molecule has 5 heteroatoms. The summed E-state index contributed by atoms with van der Waals surface area (Å²) in [7, 11) is 1.83. The SMILES string of the molecule is CCOC(CC)C(N)c1c(Cl)cnn1C. The fourth-order valence-corrected chi connectivity index (χ4v) is 1.95. The Morgan fingerprint density at radius 3 is 2.67 bits per heavy atom. The molecule has 0 aromatic carbocycles. The lowest BCUT2D eigenvalue weighted by Gasteiger charge is -2.22. The van der Waals surface area contributed by atoms with E-state index >= 15 is 0 Å². The molecule has 1 aromatic heterocycles. The molecular formula is C10H18ClN3O. The van der Waals surface area contributed by atoms with Crippen LogP contribution in [-0.4, -0.2) is 22.5 Å². The van der Waals surface area contributed by atoms with Gasteiger partial charge in [-0.3, -0.25) is 4.68 Å². The van der Waals surface area contributed by atoms with E-state index in [4.69, 9.17) is 22.1 Å². The van der Waals surface area contributed by atoms with Crippen molar-refractivity contribution in [3.05, 3.63) is 16.9 Å². The molecule has 15 heavy (non-hydrogen) atoms. The van der Waals surface area contributed by atoms with Crippen molar-refractivity contribution in [1.29, 1.82) is 0 Å². The van der Waals surface area contributed by atoms with E-state index in [9.17, 15) is 0 Å². The summed E-state index contributed by atoms with van der Waals surface area (Å²) in [5.74, 6) is 0. The third-order valence-electron chi connectivity index (χ3n) is 2.44. The van der Waals surface area contributed by atoms with Crippen LogP contribution < -0.4 is 5.73 Å². The summed E-state index contributed by atoms with van der Waals surface area (Å²) in [6, 6.07) is -0.227. The number of nitrogens with zero attached hydrogens (tertiary/aromatic N) is 2. The van der Waals surface area contributed by atoms with E-state index in [-0.39, 0.29) is 12.1 Å². The largest absolute Gasteiger partial charge is 0.376 e. The second-order valence-electron chi connectivity index (χ2n) is 3.43. The van der Waals surface area contributed by atoms with Crippen LogP contribution in [0.3, 0.4) is 0 Å². The minimum absolute atomic E-state index is 0.0112. The van der Waals surface area contributed by atoms with Crippen LogP contribution in [-0.2, 0) is 11.8 Å². The van der Waals surface area contributed by atoms with Gasteiger partial charge in [-0.05, 0) is 13.3 Å². The van der Waals surface area contributed by atoms with E-state index in [0.717, 1.165) is 12.1 Å². The molecule has 0 bridgehead atoms. The lowest BCUT2D eigenvalue weighted by molar-refractivity contribution is 0.0396. The molecule has 2 unspecified atom stereocenters. The van der Waals surface area contributed by atoms with Gasteiger partial charge in [0.2, 0.25) is 0 Å². The van der Waals surface area contributed by atoms with Gasteiger partial charge < -0.3 is 10.5 Å². The van der Waals surface area contributed by atoms with Crippen LogP contribution in [0.4, 0.5) is 0 Å². The molecule has 0 saturated carbocycles. The van der Waals surface area contributed by atoms with E-state index < -0.39 is 0 Å². The molecule has 0 aliphatic carbocycles. The number of halogens is 1. The first-order chi connectivity index (χ1) is 7.11. The maximum atomic E-state index is 6.11. The van der Waals surface area contributed by atoms with Crippen LogP contribution in [0.1, 0.15) is 32.0 Å². The molecule has 2 atom stereocenters. The monoisotopic (exact) mass is 231 g/mol. The molecule has 0 spiro atoms. The van der Waals surface area contributed by atoms with E-state index in [0.29, 0.717) is 11.6 Å². The number of ether oxygens (including phenoxy) is 1. The van der Waals surface area contributed by atoms with Crippen molar-refractivity contribution >= 4 is 11.6 Å². The number of aromatic nitrogens is 2. The average Bonchev–Trinajstić information content (AvgIpc) is 2.54. The highest BCUT2D eigenvalue weighted by Gasteiger charge is 2.23. The van der Waals surface area contributed by atoms with Crippen molar-refractivity contribution in [2.24, 2.45) is 12.8 Å². The van der Waals surface area contributed by atoms with Crippen LogP contribution in [0.25, 0.3) is 0 Å². The summed E-state index contributed by atoms with van der Waals surface area (Å²) in [4.78, 5) is 0. The van der Waals surface area contributed by atoms with Gasteiger partial charge in [0, 0.05) is 13.7 Å². The van der Waals surface area contributed by atoms with Crippen LogP contribution >= 0.6 is 11.6 Å². The number of nitrogens with two attached hydrogens (primary N) is 1. The summed E-state index contributed by atoms with van der Waals surface area (Å²) in [6.07, 6.45) is 2.45. The Morgan fingerprint density at radius 1 is 1.60 bits per heavy atom. The summed E-state index contributed by atoms with van der Waals surface area (Å²) in [6.45, 7) is 4.66. The smallest absolute Gasteiger partial charge is 0.0834 e. The van der Waals surface area contributed by atoms with E-state index in [1.807, 2.05) is 20.9 Å². The quantitative estimate of drug-likeness (QED) is 0.842. The molecule has 0 radical (unpaired) electrons.